The number of aliphatic hydroxyl groups is 3. The highest BCUT2D eigenvalue weighted by molar-refractivity contribution is 6.16. The lowest BCUT2D eigenvalue weighted by Gasteiger charge is -2.38. The Morgan fingerprint density at radius 1 is 0.576 bits per heavy atom. The van der Waals surface area contributed by atoms with E-state index in [1.807, 2.05) is 0 Å². The van der Waals surface area contributed by atoms with E-state index >= 15 is 0 Å². The fraction of sp³-hybridized carbons (Fsp3) is 0.889. The largest absolute Gasteiger partial charge is 0.393 e. The van der Waals surface area contributed by atoms with Gasteiger partial charge in [-0.25, -0.2) is 0 Å². The van der Waals surface area contributed by atoms with Gasteiger partial charge < -0.3 is 15.3 Å². The Bertz CT molecular complexity index is 561. The summed E-state index contributed by atoms with van der Waals surface area (Å²) in [5, 5.41) is 30.9. The lowest BCUT2D eigenvalue weighted by Crippen LogP contribution is -2.69. The molecule has 0 aliphatic rings. The van der Waals surface area contributed by atoms with Gasteiger partial charge >= 0.3 is 0 Å². The molecule has 0 aliphatic carbocycles. The number of carbonyl (C=O) groups is 3. The highest BCUT2D eigenvalue weighted by Crippen LogP contribution is 2.30. The molecule has 0 heterocycles. The van der Waals surface area contributed by atoms with Crippen LogP contribution in [0.3, 0.4) is 0 Å². The van der Waals surface area contributed by atoms with Gasteiger partial charge in [0.05, 0.1) is 6.61 Å². The third kappa shape index (κ3) is 10.8. The normalized spacial score (nSPS) is 15.1. The van der Waals surface area contributed by atoms with E-state index in [2.05, 4.69) is 6.92 Å². The monoisotopic (exact) mass is 470 g/mol. The van der Waals surface area contributed by atoms with Gasteiger partial charge in [-0.15, -0.1) is 0 Å². The van der Waals surface area contributed by atoms with Crippen LogP contribution in [-0.2, 0) is 14.4 Å². The number of Topliss-reactive ketones (excluding diaryl/α,β-unsaturated/α-hetero) is 3. The standard InChI is InChI=1S/C27H50O6/c1-4-6-7-8-9-10-11-12-13-14-15-16-17-18-19-21-25(31)27(33,24(30)20-5-2)26(32,22-28)23(3)29/h28,32-33H,4-22H2,1-3H3. The predicted molar refractivity (Wildman–Crippen MR) is 132 cm³/mol. The van der Waals surface area contributed by atoms with E-state index in [0.29, 0.717) is 12.8 Å². The second kappa shape index (κ2) is 18.2. The first-order valence-corrected chi connectivity index (χ1v) is 13.4. The summed E-state index contributed by atoms with van der Waals surface area (Å²) in [6.45, 7) is 3.72. The van der Waals surface area contributed by atoms with Crippen LogP contribution in [-0.4, -0.2) is 50.5 Å². The van der Waals surface area contributed by atoms with E-state index in [1.54, 1.807) is 6.92 Å². The van der Waals surface area contributed by atoms with Crippen LogP contribution in [0.15, 0.2) is 0 Å². The summed E-state index contributed by atoms with van der Waals surface area (Å²) in [6.07, 6.45) is 17.8. The third-order valence-electron chi connectivity index (χ3n) is 6.70. The fourth-order valence-corrected chi connectivity index (χ4v) is 4.34. The first kappa shape index (κ1) is 31.9. The highest BCUT2D eigenvalue weighted by Gasteiger charge is 2.61. The SMILES string of the molecule is CCCCCCCCCCCCCCCCCC(=O)C(O)(C(=O)CCC)C(O)(CO)C(C)=O. The molecule has 0 amide bonds. The van der Waals surface area contributed by atoms with E-state index < -0.39 is 35.2 Å². The molecule has 0 aromatic rings. The van der Waals surface area contributed by atoms with Crippen molar-refractivity contribution < 1.29 is 29.7 Å². The molecule has 6 nitrogen and oxygen atoms in total. The van der Waals surface area contributed by atoms with Crippen LogP contribution in [0.1, 0.15) is 136 Å². The quantitative estimate of drug-likeness (QED) is 0.139. The molecule has 0 aliphatic heterocycles. The Hall–Kier alpha value is -1.11. The smallest absolute Gasteiger partial charge is 0.219 e. The Labute approximate surface area is 201 Å². The Morgan fingerprint density at radius 3 is 1.27 bits per heavy atom. The summed E-state index contributed by atoms with van der Waals surface area (Å²) < 4.78 is 0. The third-order valence-corrected chi connectivity index (χ3v) is 6.70. The number of rotatable bonds is 23. The Balaban J connectivity index is 4.18. The van der Waals surface area contributed by atoms with Crippen molar-refractivity contribution in [2.75, 3.05) is 6.61 Å². The first-order valence-electron chi connectivity index (χ1n) is 13.4. The topological polar surface area (TPSA) is 112 Å². The van der Waals surface area contributed by atoms with Crippen LogP contribution in [0.2, 0.25) is 0 Å². The molecule has 0 bridgehead atoms. The number of hydrogen-bond acceptors (Lipinski definition) is 6. The van der Waals surface area contributed by atoms with Gasteiger partial charge in [-0.1, -0.05) is 104 Å². The molecule has 2 unspecified atom stereocenters. The molecule has 0 spiro atoms. The van der Waals surface area contributed by atoms with Crippen LogP contribution in [0.25, 0.3) is 0 Å². The van der Waals surface area contributed by atoms with Gasteiger partial charge in [-0.3, -0.25) is 14.4 Å². The molecule has 194 valence electrons. The molecule has 0 saturated carbocycles. The second-order valence-electron chi connectivity index (χ2n) is 9.58. The minimum atomic E-state index is -2.89. The Kier molecular flexibility index (Phi) is 17.6. The maximum absolute atomic E-state index is 12.7. The van der Waals surface area contributed by atoms with Crippen LogP contribution in [0, 0.1) is 0 Å². The maximum Gasteiger partial charge on any atom is 0.219 e. The Morgan fingerprint density at radius 2 is 0.939 bits per heavy atom. The van der Waals surface area contributed by atoms with E-state index in [0.717, 1.165) is 32.6 Å². The summed E-state index contributed by atoms with van der Waals surface area (Å²) in [7, 11) is 0. The number of aliphatic hydroxyl groups excluding tert-OH is 1. The van der Waals surface area contributed by atoms with Crippen LogP contribution in [0.4, 0.5) is 0 Å². The summed E-state index contributed by atoms with van der Waals surface area (Å²) in [5.41, 5.74) is -5.69. The number of unbranched alkanes of at least 4 members (excludes halogenated alkanes) is 14. The van der Waals surface area contributed by atoms with Crippen LogP contribution >= 0.6 is 0 Å². The number of ketones is 3. The molecule has 0 aromatic heterocycles. The lowest BCUT2D eigenvalue weighted by atomic mass is 9.72. The molecule has 0 rings (SSSR count). The molecule has 6 heteroatoms. The van der Waals surface area contributed by atoms with Gasteiger partial charge in [-0.05, 0) is 19.8 Å². The van der Waals surface area contributed by atoms with E-state index in [1.165, 1.54) is 64.2 Å². The first-order chi connectivity index (χ1) is 15.7. The molecule has 0 fully saturated rings. The van der Waals surface area contributed by atoms with Gasteiger partial charge in [0.25, 0.3) is 0 Å². The van der Waals surface area contributed by atoms with Gasteiger partial charge in [0.15, 0.2) is 23.0 Å². The summed E-state index contributed by atoms with van der Waals surface area (Å²) in [5.74, 6) is -2.80. The van der Waals surface area contributed by atoms with Crippen molar-refractivity contribution in [3.05, 3.63) is 0 Å². The van der Waals surface area contributed by atoms with Crippen molar-refractivity contribution in [1.82, 2.24) is 0 Å². The molecule has 0 aromatic carbocycles. The molecule has 33 heavy (non-hydrogen) atoms. The zero-order valence-corrected chi connectivity index (χ0v) is 21.5. The molecular formula is C27H50O6. The van der Waals surface area contributed by atoms with Gasteiger partial charge in [0.1, 0.15) is 0 Å². The highest BCUT2D eigenvalue weighted by atomic mass is 16.4. The van der Waals surface area contributed by atoms with Crippen molar-refractivity contribution in [2.45, 2.75) is 148 Å². The van der Waals surface area contributed by atoms with E-state index in [4.69, 9.17) is 0 Å². The second-order valence-corrected chi connectivity index (χ2v) is 9.58. The summed E-state index contributed by atoms with van der Waals surface area (Å²) >= 11 is 0. The number of carbonyl (C=O) groups excluding carboxylic acids is 3. The van der Waals surface area contributed by atoms with Gasteiger partial charge in [0, 0.05) is 12.8 Å². The zero-order valence-electron chi connectivity index (χ0n) is 21.5. The minimum absolute atomic E-state index is 0.111. The van der Waals surface area contributed by atoms with Gasteiger partial charge in [-0.2, -0.15) is 0 Å². The fourth-order valence-electron chi connectivity index (χ4n) is 4.34. The predicted octanol–water partition coefficient (Wildman–Crippen LogP) is 5.23. The van der Waals surface area contributed by atoms with Crippen molar-refractivity contribution in [3.8, 4) is 0 Å². The van der Waals surface area contributed by atoms with Crippen molar-refractivity contribution in [3.63, 3.8) is 0 Å². The lowest BCUT2D eigenvalue weighted by molar-refractivity contribution is -0.193. The van der Waals surface area contributed by atoms with E-state index in [9.17, 15) is 29.7 Å². The average molecular weight is 471 g/mol. The molecule has 0 saturated heterocycles. The summed E-state index contributed by atoms with van der Waals surface area (Å²) in [4.78, 5) is 37.1. The van der Waals surface area contributed by atoms with Crippen LogP contribution < -0.4 is 0 Å². The van der Waals surface area contributed by atoms with Crippen molar-refractivity contribution in [1.29, 1.82) is 0 Å². The molecule has 2 atom stereocenters. The molecule has 3 N–H and O–H groups in total. The van der Waals surface area contributed by atoms with Crippen molar-refractivity contribution in [2.24, 2.45) is 0 Å². The zero-order chi connectivity index (χ0) is 25.2. The van der Waals surface area contributed by atoms with E-state index in [-0.39, 0.29) is 12.8 Å². The van der Waals surface area contributed by atoms with Gasteiger partial charge in [0.2, 0.25) is 5.60 Å². The minimum Gasteiger partial charge on any atom is -0.393 e. The van der Waals surface area contributed by atoms with Crippen molar-refractivity contribution >= 4 is 17.3 Å². The maximum atomic E-state index is 12.7. The molecule has 0 radical (unpaired) electrons. The van der Waals surface area contributed by atoms with Crippen LogP contribution in [0.5, 0.6) is 0 Å². The number of hydrogen-bond donors (Lipinski definition) is 3. The molecular weight excluding hydrogens is 420 g/mol. The summed E-state index contributed by atoms with van der Waals surface area (Å²) in [6, 6.07) is 0. The average Bonchev–Trinajstić information content (AvgIpc) is 2.80.